The predicted octanol–water partition coefficient (Wildman–Crippen LogP) is 2.80. The van der Waals surface area contributed by atoms with Gasteiger partial charge < -0.3 is 25.0 Å². The molecule has 4 rings (SSSR count). The molecular weight excluding hydrogens is 354 g/mol. The number of para-hydroxylation sites is 1. The molecule has 1 unspecified atom stereocenters. The maximum atomic E-state index is 10.3. The largest absolute Gasteiger partial charge is 0.485 e. The van der Waals surface area contributed by atoms with E-state index in [2.05, 4.69) is 26.3 Å². The van der Waals surface area contributed by atoms with Gasteiger partial charge in [-0.05, 0) is 36.6 Å². The molecule has 0 bridgehead atoms. The Morgan fingerprint density at radius 2 is 2.19 bits per heavy atom. The number of hydrogen-bond donors (Lipinski definition) is 3. The molecule has 0 saturated heterocycles. The fourth-order valence-electron chi connectivity index (χ4n) is 3.23. The first kappa shape index (κ1) is 16.9. The van der Waals surface area contributed by atoms with Crippen molar-refractivity contribution in [2.45, 2.75) is 19.6 Å². The van der Waals surface area contributed by atoms with E-state index in [9.17, 15) is 5.11 Å². The molecule has 0 radical (unpaired) electrons. The molecule has 1 aromatic carbocycles. The van der Waals surface area contributed by atoms with E-state index < -0.39 is 6.23 Å². The molecule has 0 fully saturated rings. The van der Waals surface area contributed by atoms with Gasteiger partial charge in [-0.25, -0.2) is 0 Å². The molecule has 0 aliphatic carbocycles. The second kappa shape index (κ2) is 7.01. The van der Waals surface area contributed by atoms with Gasteiger partial charge in [-0.15, -0.1) is 0 Å². The maximum absolute atomic E-state index is 10.3. The highest BCUT2D eigenvalue weighted by Crippen LogP contribution is 2.36. The van der Waals surface area contributed by atoms with Crippen molar-refractivity contribution in [2.75, 3.05) is 29.9 Å². The van der Waals surface area contributed by atoms with Crippen molar-refractivity contribution in [3.63, 3.8) is 0 Å². The highest BCUT2D eigenvalue weighted by atomic mass is 35.5. The second-order valence-electron chi connectivity index (χ2n) is 6.20. The number of nitrogens with one attached hydrogen (secondary N) is 2. The van der Waals surface area contributed by atoms with E-state index in [1.54, 1.807) is 11.8 Å². The van der Waals surface area contributed by atoms with Crippen LogP contribution in [-0.4, -0.2) is 46.0 Å². The first-order valence-corrected chi connectivity index (χ1v) is 8.95. The van der Waals surface area contributed by atoms with Gasteiger partial charge in [0.2, 0.25) is 11.0 Å². The first-order chi connectivity index (χ1) is 12.6. The molecule has 0 saturated carbocycles. The maximum Gasteiger partial charge on any atom is 0.226 e. The third kappa shape index (κ3) is 3.15. The third-order valence-electron chi connectivity index (χ3n) is 4.48. The van der Waals surface area contributed by atoms with Gasteiger partial charge in [0.25, 0.3) is 0 Å². The standard InChI is InChI=1S/C18H20ClN5O2/c1-11(25)24(8-6-12-10-21-14-5-3-2-4-13(12)14)17-15-16(20-7-9-26-15)22-18(19)23-17/h2-5,10-11,21,25H,6-9H2,1H3,(H,20,22,23). The monoisotopic (exact) mass is 373 g/mol. The third-order valence-corrected chi connectivity index (χ3v) is 4.65. The Balaban J connectivity index is 1.64. The number of fused-ring (bicyclic) bond motifs is 2. The number of anilines is 2. The average Bonchev–Trinajstić information content (AvgIpc) is 3.05. The number of rotatable bonds is 5. The van der Waals surface area contributed by atoms with Gasteiger partial charge in [0, 0.05) is 23.6 Å². The van der Waals surface area contributed by atoms with Crippen molar-refractivity contribution in [3.8, 4) is 5.75 Å². The van der Waals surface area contributed by atoms with Crippen LogP contribution in [0.2, 0.25) is 5.28 Å². The summed E-state index contributed by atoms with van der Waals surface area (Å²) in [5.41, 5.74) is 2.28. The molecular formula is C18H20ClN5O2. The molecule has 8 heteroatoms. The number of aliphatic hydroxyl groups excluding tert-OH is 1. The molecule has 1 atom stereocenters. The Labute approximate surface area is 156 Å². The van der Waals surface area contributed by atoms with E-state index >= 15 is 0 Å². The van der Waals surface area contributed by atoms with Crippen LogP contribution in [-0.2, 0) is 6.42 Å². The number of hydrogen-bond acceptors (Lipinski definition) is 6. The minimum atomic E-state index is -0.749. The molecule has 136 valence electrons. The van der Waals surface area contributed by atoms with Gasteiger partial charge in [0.15, 0.2) is 11.6 Å². The number of H-pyrrole nitrogens is 1. The number of aromatic nitrogens is 3. The summed E-state index contributed by atoms with van der Waals surface area (Å²) in [5, 5.41) is 14.8. The minimum absolute atomic E-state index is 0.120. The van der Waals surface area contributed by atoms with Crippen molar-refractivity contribution in [3.05, 3.63) is 41.3 Å². The van der Waals surface area contributed by atoms with Gasteiger partial charge in [-0.3, -0.25) is 0 Å². The number of benzene rings is 1. The lowest BCUT2D eigenvalue weighted by Gasteiger charge is -2.30. The Morgan fingerprint density at radius 3 is 3.04 bits per heavy atom. The molecule has 26 heavy (non-hydrogen) atoms. The van der Waals surface area contributed by atoms with Gasteiger partial charge in [0.05, 0.1) is 6.54 Å². The fraction of sp³-hybridized carbons (Fsp3) is 0.333. The fourth-order valence-corrected chi connectivity index (χ4v) is 3.40. The quantitative estimate of drug-likeness (QED) is 0.471. The molecule has 0 spiro atoms. The summed E-state index contributed by atoms with van der Waals surface area (Å²) < 4.78 is 5.74. The van der Waals surface area contributed by atoms with E-state index in [0.29, 0.717) is 37.1 Å². The Morgan fingerprint density at radius 1 is 1.35 bits per heavy atom. The van der Waals surface area contributed by atoms with Gasteiger partial charge in [0.1, 0.15) is 12.8 Å². The summed E-state index contributed by atoms with van der Waals surface area (Å²) in [7, 11) is 0. The van der Waals surface area contributed by atoms with Crippen molar-refractivity contribution in [2.24, 2.45) is 0 Å². The number of nitrogens with zero attached hydrogens (tertiary/aromatic N) is 3. The van der Waals surface area contributed by atoms with Crippen molar-refractivity contribution in [1.29, 1.82) is 0 Å². The highest BCUT2D eigenvalue weighted by Gasteiger charge is 2.25. The smallest absolute Gasteiger partial charge is 0.226 e. The van der Waals surface area contributed by atoms with Crippen LogP contribution in [0, 0.1) is 0 Å². The highest BCUT2D eigenvalue weighted by molar-refractivity contribution is 6.28. The minimum Gasteiger partial charge on any atom is -0.485 e. The van der Waals surface area contributed by atoms with E-state index in [1.807, 2.05) is 24.4 Å². The first-order valence-electron chi connectivity index (χ1n) is 8.57. The average molecular weight is 374 g/mol. The second-order valence-corrected chi connectivity index (χ2v) is 6.54. The van der Waals surface area contributed by atoms with E-state index in [4.69, 9.17) is 16.3 Å². The lowest BCUT2D eigenvalue weighted by Crippen LogP contribution is -2.36. The Bertz CT molecular complexity index is 927. The summed E-state index contributed by atoms with van der Waals surface area (Å²) in [5.74, 6) is 1.59. The van der Waals surface area contributed by atoms with Crippen molar-refractivity contribution >= 4 is 34.1 Å². The van der Waals surface area contributed by atoms with E-state index in [1.165, 1.54) is 10.9 Å². The summed E-state index contributed by atoms with van der Waals surface area (Å²) >= 11 is 6.08. The number of aromatic amines is 1. The normalized spacial score (nSPS) is 14.4. The van der Waals surface area contributed by atoms with Crippen LogP contribution in [0.3, 0.4) is 0 Å². The van der Waals surface area contributed by atoms with E-state index in [-0.39, 0.29) is 5.28 Å². The van der Waals surface area contributed by atoms with Crippen molar-refractivity contribution in [1.82, 2.24) is 15.0 Å². The lowest BCUT2D eigenvalue weighted by molar-refractivity contribution is 0.186. The molecule has 2 aromatic heterocycles. The van der Waals surface area contributed by atoms with Crippen LogP contribution >= 0.6 is 11.6 Å². The number of halogens is 1. The van der Waals surface area contributed by atoms with Crippen LogP contribution < -0.4 is 15.0 Å². The SMILES string of the molecule is CC(O)N(CCc1c[nH]c2ccccc12)c1nc(Cl)nc2c1OCCN2. The predicted molar refractivity (Wildman–Crippen MR) is 102 cm³/mol. The van der Waals surface area contributed by atoms with Crippen LogP contribution in [0.1, 0.15) is 12.5 Å². The zero-order chi connectivity index (χ0) is 18.1. The summed E-state index contributed by atoms with van der Waals surface area (Å²) in [4.78, 5) is 13.5. The summed E-state index contributed by atoms with van der Waals surface area (Å²) in [6.45, 7) is 3.43. The van der Waals surface area contributed by atoms with Crippen LogP contribution in [0.4, 0.5) is 11.6 Å². The molecule has 3 heterocycles. The van der Waals surface area contributed by atoms with Gasteiger partial charge in [-0.2, -0.15) is 9.97 Å². The molecule has 1 aliphatic rings. The Kier molecular flexibility index (Phi) is 4.57. The zero-order valence-electron chi connectivity index (χ0n) is 14.4. The molecule has 1 aliphatic heterocycles. The lowest BCUT2D eigenvalue weighted by atomic mass is 10.1. The van der Waals surface area contributed by atoms with Crippen LogP contribution in [0.25, 0.3) is 10.9 Å². The van der Waals surface area contributed by atoms with Crippen molar-refractivity contribution < 1.29 is 9.84 Å². The van der Waals surface area contributed by atoms with Crippen LogP contribution in [0.15, 0.2) is 30.5 Å². The molecule has 3 N–H and O–H groups in total. The topological polar surface area (TPSA) is 86.3 Å². The number of ether oxygens (including phenoxy) is 1. The Hall–Kier alpha value is -2.51. The number of aliphatic hydroxyl groups is 1. The van der Waals surface area contributed by atoms with Gasteiger partial charge >= 0.3 is 0 Å². The molecule has 3 aromatic rings. The summed E-state index contributed by atoms with van der Waals surface area (Å²) in [6.07, 6.45) is 1.99. The van der Waals surface area contributed by atoms with Gasteiger partial charge in [-0.1, -0.05) is 18.2 Å². The van der Waals surface area contributed by atoms with E-state index in [0.717, 1.165) is 11.9 Å². The molecule has 7 nitrogen and oxygen atoms in total. The van der Waals surface area contributed by atoms with Crippen LogP contribution in [0.5, 0.6) is 5.75 Å². The zero-order valence-corrected chi connectivity index (χ0v) is 15.1. The molecule has 0 amide bonds. The summed E-state index contributed by atoms with van der Waals surface area (Å²) in [6, 6.07) is 8.16.